The fourth-order valence-electron chi connectivity index (χ4n) is 2.25. The minimum absolute atomic E-state index is 0.0199. The van der Waals surface area contributed by atoms with Gasteiger partial charge in [0.2, 0.25) is 5.91 Å². The SMILES string of the molecule is CCNC(=O)CN(C)CC(=O)c1ccc2c(c1)CCO2. The highest BCUT2D eigenvalue weighted by Gasteiger charge is 2.16. The third-order valence-corrected chi connectivity index (χ3v) is 3.21. The summed E-state index contributed by atoms with van der Waals surface area (Å²) in [6, 6.07) is 5.52. The van der Waals surface area contributed by atoms with E-state index in [0.717, 1.165) is 17.7 Å². The number of Topliss-reactive ketones (excluding diaryl/α,β-unsaturated/α-hetero) is 1. The minimum Gasteiger partial charge on any atom is -0.493 e. The summed E-state index contributed by atoms with van der Waals surface area (Å²) < 4.78 is 5.42. The highest BCUT2D eigenvalue weighted by atomic mass is 16.5. The van der Waals surface area contributed by atoms with Crippen molar-refractivity contribution in [1.29, 1.82) is 0 Å². The van der Waals surface area contributed by atoms with E-state index < -0.39 is 0 Å². The molecule has 0 atom stereocenters. The Morgan fingerprint density at radius 2 is 2.15 bits per heavy atom. The van der Waals surface area contributed by atoms with Gasteiger partial charge < -0.3 is 10.1 Å². The van der Waals surface area contributed by atoms with Crippen LogP contribution in [0.2, 0.25) is 0 Å². The van der Waals surface area contributed by atoms with Gasteiger partial charge in [0.1, 0.15) is 5.75 Å². The normalized spacial score (nSPS) is 12.9. The molecule has 1 aromatic rings. The number of nitrogens with zero attached hydrogens (tertiary/aromatic N) is 1. The van der Waals surface area contributed by atoms with E-state index in [1.165, 1.54) is 0 Å². The van der Waals surface area contributed by atoms with Crippen LogP contribution in [0.5, 0.6) is 5.75 Å². The first-order chi connectivity index (χ1) is 9.60. The lowest BCUT2D eigenvalue weighted by molar-refractivity contribution is -0.121. The number of rotatable bonds is 6. The molecule has 20 heavy (non-hydrogen) atoms. The van der Waals surface area contributed by atoms with Crippen molar-refractivity contribution in [2.24, 2.45) is 0 Å². The Hall–Kier alpha value is -1.88. The molecular formula is C15H20N2O3. The van der Waals surface area contributed by atoms with Crippen molar-refractivity contribution in [1.82, 2.24) is 10.2 Å². The van der Waals surface area contributed by atoms with Gasteiger partial charge in [-0.3, -0.25) is 14.5 Å². The molecule has 1 N–H and O–H groups in total. The van der Waals surface area contributed by atoms with Crippen LogP contribution in [0.3, 0.4) is 0 Å². The summed E-state index contributed by atoms with van der Waals surface area (Å²) in [5, 5.41) is 2.71. The lowest BCUT2D eigenvalue weighted by Gasteiger charge is -2.15. The highest BCUT2D eigenvalue weighted by Crippen LogP contribution is 2.25. The third-order valence-electron chi connectivity index (χ3n) is 3.21. The predicted octanol–water partition coefficient (Wildman–Crippen LogP) is 0.872. The lowest BCUT2D eigenvalue weighted by Crippen LogP contribution is -2.37. The molecule has 0 aliphatic carbocycles. The molecule has 0 fully saturated rings. The van der Waals surface area contributed by atoms with E-state index >= 15 is 0 Å². The van der Waals surface area contributed by atoms with Crippen LogP contribution < -0.4 is 10.1 Å². The van der Waals surface area contributed by atoms with Crippen LogP contribution in [-0.4, -0.2) is 49.9 Å². The number of benzene rings is 1. The first kappa shape index (κ1) is 14.5. The molecule has 0 unspecified atom stereocenters. The molecule has 0 saturated carbocycles. The molecule has 0 spiro atoms. The van der Waals surface area contributed by atoms with Gasteiger partial charge in [-0.05, 0) is 37.7 Å². The number of ketones is 1. The summed E-state index contributed by atoms with van der Waals surface area (Å²) in [5.41, 5.74) is 1.76. The standard InChI is InChI=1S/C15H20N2O3/c1-3-16-15(19)10-17(2)9-13(18)11-4-5-14-12(8-11)6-7-20-14/h4-5,8H,3,6-7,9-10H2,1-2H3,(H,16,19). The van der Waals surface area contributed by atoms with Crippen molar-refractivity contribution in [3.8, 4) is 5.75 Å². The summed E-state index contributed by atoms with van der Waals surface area (Å²) >= 11 is 0. The van der Waals surface area contributed by atoms with Crippen molar-refractivity contribution < 1.29 is 14.3 Å². The Kier molecular flexibility index (Phi) is 4.74. The lowest BCUT2D eigenvalue weighted by atomic mass is 10.1. The fourth-order valence-corrected chi connectivity index (χ4v) is 2.25. The maximum Gasteiger partial charge on any atom is 0.234 e. The van der Waals surface area contributed by atoms with Crippen molar-refractivity contribution in [3.63, 3.8) is 0 Å². The van der Waals surface area contributed by atoms with Gasteiger partial charge in [-0.15, -0.1) is 0 Å². The summed E-state index contributed by atoms with van der Waals surface area (Å²) in [7, 11) is 1.77. The summed E-state index contributed by atoms with van der Waals surface area (Å²) in [6.07, 6.45) is 0.852. The second-order valence-electron chi connectivity index (χ2n) is 4.97. The molecule has 1 aliphatic heterocycles. The minimum atomic E-state index is -0.0647. The van der Waals surface area contributed by atoms with Gasteiger partial charge in [-0.2, -0.15) is 0 Å². The number of amides is 1. The Balaban J connectivity index is 1.93. The summed E-state index contributed by atoms with van der Waals surface area (Å²) in [6.45, 7) is 3.62. The van der Waals surface area contributed by atoms with Crippen LogP contribution >= 0.6 is 0 Å². The van der Waals surface area contributed by atoms with Gasteiger partial charge in [0.25, 0.3) is 0 Å². The number of ether oxygens (including phenoxy) is 1. The van der Waals surface area contributed by atoms with Gasteiger partial charge >= 0.3 is 0 Å². The average molecular weight is 276 g/mol. The van der Waals surface area contributed by atoms with Gasteiger partial charge in [0, 0.05) is 18.5 Å². The van der Waals surface area contributed by atoms with E-state index in [1.54, 1.807) is 18.0 Å². The quantitative estimate of drug-likeness (QED) is 0.783. The molecule has 5 nitrogen and oxygen atoms in total. The van der Waals surface area contributed by atoms with E-state index in [-0.39, 0.29) is 24.8 Å². The number of carbonyl (C=O) groups excluding carboxylic acids is 2. The molecule has 0 aromatic heterocycles. The summed E-state index contributed by atoms with van der Waals surface area (Å²) in [4.78, 5) is 25.3. The molecule has 0 radical (unpaired) electrons. The topological polar surface area (TPSA) is 58.6 Å². The third kappa shape index (κ3) is 3.57. The largest absolute Gasteiger partial charge is 0.493 e. The Morgan fingerprint density at radius 1 is 1.35 bits per heavy atom. The molecule has 5 heteroatoms. The van der Waals surface area contributed by atoms with Crippen molar-refractivity contribution in [2.75, 3.05) is 33.3 Å². The zero-order valence-electron chi connectivity index (χ0n) is 11.9. The van der Waals surface area contributed by atoms with Crippen molar-refractivity contribution in [3.05, 3.63) is 29.3 Å². The maximum absolute atomic E-state index is 12.2. The van der Waals surface area contributed by atoms with Crippen LogP contribution in [0.4, 0.5) is 0 Å². The van der Waals surface area contributed by atoms with Crippen molar-refractivity contribution >= 4 is 11.7 Å². The molecule has 0 bridgehead atoms. The number of hydrogen-bond acceptors (Lipinski definition) is 4. The maximum atomic E-state index is 12.2. The zero-order valence-corrected chi connectivity index (χ0v) is 11.9. The second kappa shape index (κ2) is 6.52. The van der Waals surface area contributed by atoms with Crippen molar-refractivity contribution in [2.45, 2.75) is 13.3 Å². The van der Waals surface area contributed by atoms with E-state index in [9.17, 15) is 9.59 Å². The molecule has 1 aromatic carbocycles. The van der Waals surface area contributed by atoms with Gasteiger partial charge in [0.05, 0.1) is 19.7 Å². The fraction of sp³-hybridized carbons (Fsp3) is 0.467. The first-order valence-electron chi connectivity index (χ1n) is 6.84. The summed E-state index contributed by atoms with van der Waals surface area (Å²) in [5.74, 6) is 0.828. The van der Waals surface area contributed by atoms with Crippen LogP contribution in [0, 0.1) is 0 Å². The predicted molar refractivity (Wildman–Crippen MR) is 76.2 cm³/mol. The van der Waals surface area contributed by atoms with Gasteiger partial charge in [-0.25, -0.2) is 0 Å². The van der Waals surface area contributed by atoms with E-state index in [0.29, 0.717) is 18.7 Å². The Bertz CT molecular complexity index is 514. The average Bonchev–Trinajstić information content (AvgIpc) is 2.85. The molecule has 1 aliphatic rings. The molecule has 2 rings (SSSR count). The van der Waals surface area contributed by atoms with Crippen LogP contribution in [-0.2, 0) is 11.2 Å². The number of carbonyl (C=O) groups is 2. The monoisotopic (exact) mass is 276 g/mol. The highest BCUT2D eigenvalue weighted by molar-refractivity contribution is 5.98. The van der Waals surface area contributed by atoms with Crippen LogP contribution in [0.15, 0.2) is 18.2 Å². The van der Waals surface area contributed by atoms with Crippen LogP contribution in [0.1, 0.15) is 22.8 Å². The van der Waals surface area contributed by atoms with Crippen LogP contribution in [0.25, 0.3) is 0 Å². The van der Waals surface area contributed by atoms with E-state index in [2.05, 4.69) is 5.32 Å². The van der Waals surface area contributed by atoms with E-state index in [1.807, 2.05) is 19.1 Å². The molecule has 108 valence electrons. The molecule has 0 saturated heterocycles. The number of fused-ring (bicyclic) bond motifs is 1. The number of nitrogens with one attached hydrogen (secondary N) is 1. The molecule has 1 amide bonds. The molecule has 1 heterocycles. The Morgan fingerprint density at radius 3 is 2.90 bits per heavy atom. The zero-order chi connectivity index (χ0) is 14.5. The smallest absolute Gasteiger partial charge is 0.234 e. The van der Waals surface area contributed by atoms with Gasteiger partial charge in [0.15, 0.2) is 5.78 Å². The first-order valence-corrected chi connectivity index (χ1v) is 6.84. The van der Waals surface area contributed by atoms with E-state index in [4.69, 9.17) is 4.74 Å². The second-order valence-corrected chi connectivity index (χ2v) is 4.97. The van der Waals surface area contributed by atoms with Gasteiger partial charge in [-0.1, -0.05) is 0 Å². The Labute approximate surface area is 118 Å². The molecular weight excluding hydrogens is 256 g/mol. The number of likely N-dealkylation sites (N-methyl/N-ethyl adjacent to an activating group) is 2. The number of hydrogen-bond donors (Lipinski definition) is 1.